The van der Waals surface area contributed by atoms with Crippen molar-refractivity contribution in [1.29, 1.82) is 0 Å². The number of rotatable bonds is 1. The number of phenolic OH excluding ortho intramolecular Hbond substituents is 1. The number of phenols is 1. The zero-order valence-electron chi connectivity index (χ0n) is 7.16. The zero-order valence-corrected chi connectivity index (χ0v) is 7.16. The van der Waals surface area contributed by atoms with E-state index in [2.05, 4.69) is 0 Å². The molecule has 0 saturated carbocycles. The molecular formula is C11H10O2. The number of hydrogen-bond donors (Lipinski definition) is 1. The van der Waals surface area contributed by atoms with E-state index in [0.29, 0.717) is 5.56 Å². The molecule has 0 spiro atoms. The van der Waals surface area contributed by atoms with Gasteiger partial charge in [0.05, 0.1) is 0 Å². The highest BCUT2D eigenvalue weighted by Gasteiger charge is 2.12. The summed E-state index contributed by atoms with van der Waals surface area (Å²) in [6.45, 7) is 0. The summed E-state index contributed by atoms with van der Waals surface area (Å²) in [5.74, 6) is 0.261. The first-order chi connectivity index (χ1) is 6.33. The summed E-state index contributed by atoms with van der Waals surface area (Å²) < 4.78 is 0. The molecule has 1 aliphatic carbocycles. The van der Waals surface area contributed by atoms with E-state index >= 15 is 0 Å². The Bertz CT molecular complexity index is 378. The topological polar surface area (TPSA) is 37.3 Å². The monoisotopic (exact) mass is 174 g/mol. The van der Waals surface area contributed by atoms with Crippen LogP contribution in [-0.4, -0.2) is 11.4 Å². The summed E-state index contributed by atoms with van der Waals surface area (Å²) in [7, 11) is 0. The van der Waals surface area contributed by atoms with Crippen LogP contribution in [0.4, 0.5) is 0 Å². The summed E-state index contributed by atoms with van der Waals surface area (Å²) in [5.41, 5.74) is 2.46. The number of aldehydes is 1. The highest BCUT2D eigenvalue weighted by molar-refractivity contribution is 5.81. The van der Waals surface area contributed by atoms with Crippen molar-refractivity contribution in [3.63, 3.8) is 0 Å². The maximum atomic E-state index is 10.7. The van der Waals surface area contributed by atoms with Crippen molar-refractivity contribution in [1.82, 2.24) is 0 Å². The van der Waals surface area contributed by atoms with Gasteiger partial charge in [-0.05, 0) is 30.5 Å². The van der Waals surface area contributed by atoms with Gasteiger partial charge in [-0.1, -0.05) is 12.2 Å². The van der Waals surface area contributed by atoms with E-state index in [1.165, 1.54) is 0 Å². The van der Waals surface area contributed by atoms with Crippen LogP contribution in [0, 0.1) is 0 Å². The predicted octanol–water partition coefficient (Wildman–Crippen LogP) is 2.16. The molecule has 0 fully saturated rings. The SMILES string of the molecule is O=Cc1ccc(O)c2c1CCC=C2. The average molecular weight is 174 g/mol. The fourth-order valence-electron chi connectivity index (χ4n) is 1.67. The van der Waals surface area contributed by atoms with Crippen molar-refractivity contribution in [2.45, 2.75) is 12.8 Å². The minimum atomic E-state index is 0.261. The average Bonchev–Trinajstić information content (AvgIpc) is 2.19. The van der Waals surface area contributed by atoms with Gasteiger partial charge in [0.1, 0.15) is 12.0 Å². The number of allylic oxidation sites excluding steroid dienone is 1. The molecule has 0 saturated heterocycles. The van der Waals surface area contributed by atoms with E-state index < -0.39 is 0 Å². The van der Waals surface area contributed by atoms with Crippen LogP contribution in [0.2, 0.25) is 0 Å². The smallest absolute Gasteiger partial charge is 0.150 e. The standard InChI is InChI=1S/C11H10O2/c12-7-8-5-6-11(13)10-4-2-1-3-9(8)10/h2,4-7,13H,1,3H2. The number of carbonyl (C=O) groups excluding carboxylic acids is 1. The lowest BCUT2D eigenvalue weighted by Crippen LogP contribution is -1.99. The van der Waals surface area contributed by atoms with Crippen molar-refractivity contribution < 1.29 is 9.90 Å². The van der Waals surface area contributed by atoms with Crippen molar-refractivity contribution in [3.8, 4) is 5.75 Å². The molecule has 0 bridgehead atoms. The number of hydrogen-bond acceptors (Lipinski definition) is 2. The van der Waals surface area contributed by atoms with Gasteiger partial charge in [-0.3, -0.25) is 4.79 Å². The Balaban J connectivity index is 2.67. The van der Waals surface area contributed by atoms with Crippen LogP contribution in [0.25, 0.3) is 6.08 Å². The quantitative estimate of drug-likeness (QED) is 0.662. The van der Waals surface area contributed by atoms with Gasteiger partial charge in [-0.25, -0.2) is 0 Å². The molecule has 2 rings (SSSR count). The summed E-state index contributed by atoms with van der Waals surface area (Å²) in [4.78, 5) is 10.7. The Morgan fingerprint density at radius 3 is 3.00 bits per heavy atom. The van der Waals surface area contributed by atoms with E-state index in [-0.39, 0.29) is 5.75 Å². The van der Waals surface area contributed by atoms with E-state index in [9.17, 15) is 9.90 Å². The van der Waals surface area contributed by atoms with Crippen LogP contribution < -0.4 is 0 Å². The van der Waals surface area contributed by atoms with Crippen LogP contribution in [0.3, 0.4) is 0 Å². The molecule has 0 amide bonds. The number of benzene rings is 1. The Morgan fingerprint density at radius 2 is 2.23 bits per heavy atom. The Labute approximate surface area is 76.5 Å². The van der Waals surface area contributed by atoms with Crippen LogP contribution in [0.1, 0.15) is 27.9 Å². The van der Waals surface area contributed by atoms with E-state index in [0.717, 1.165) is 30.3 Å². The molecule has 1 aromatic rings. The lowest BCUT2D eigenvalue weighted by atomic mass is 9.92. The molecule has 1 aromatic carbocycles. The highest BCUT2D eigenvalue weighted by Crippen LogP contribution is 2.29. The number of carbonyl (C=O) groups is 1. The zero-order chi connectivity index (χ0) is 9.26. The van der Waals surface area contributed by atoms with Crippen molar-refractivity contribution in [2.24, 2.45) is 0 Å². The molecule has 13 heavy (non-hydrogen) atoms. The summed E-state index contributed by atoms with van der Waals surface area (Å²) >= 11 is 0. The van der Waals surface area contributed by atoms with Gasteiger partial charge in [0.15, 0.2) is 0 Å². The molecule has 0 aliphatic heterocycles. The van der Waals surface area contributed by atoms with Gasteiger partial charge in [0, 0.05) is 11.1 Å². The van der Waals surface area contributed by atoms with Gasteiger partial charge in [0.25, 0.3) is 0 Å². The van der Waals surface area contributed by atoms with Gasteiger partial charge < -0.3 is 5.11 Å². The Morgan fingerprint density at radius 1 is 1.38 bits per heavy atom. The first-order valence-electron chi connectivity index (χ1n) is 4.29. The van der Waals surface area contributed by atoms with Crippen LogP contribution in [0.15, 0.2) is 18.2 Å². The van der Waals surface area contributed by atoms with Crippen molar-refractivity contribution in [3.05, 3.63) is 34.9 Å². The molecule has 0 aromatic heterocycles. The number of fused-ring (bicyclic) bond motifs is 1. The fourth-order valence-corrected chi connectivity index (χ4v) is 1.67. The first-order valence-corrected chi connectivity index (χ1v) is 4.29. The molecule has 1 aliphatic rings. The summed E-state index contributed by atoms with van der Waals surface area (Å²) in [6.07, 6.45) is 6.51. The maximum absolute atomic E-state index is 10.7. The normalized spacial score (nSPS) is 13.8. The van der Waals surface area contributed by atoms with E-state index in [1.54, 1.807) is 12.1 Å². The van der Waals surface area contributed by atoms with Crippen LogP contribution in [0.5, 0.6) is 5.75 Å². The van der Waals surface area contributed by atoms with E-state index in [1.807, 2.05) is 12.2 Å². The molecule has 1 N–H and O–H groups in total. The Kier molecular flexibility index (Phi) is 1.89. The largest absolute Gasteiger partial charge is 0.507 e. The van der Waals surface area contributed by atoms with Gasteiger partial charge in [0.2, 0.25) is 0 Å². The molecule has 0 heterocycles. The number of aromatic hydroxyl groups is 1. The maximum Gasteiger partial charge on any atom is 0.150 e. The van der Waals surface area contributed by atoms with Crippen LogP contribution in [-0.2, 0) is 6.42 Å². The van der Waals surface area contributed by atoms with Crippen LogP contribution >= 0.6 is 0 Å². The van der Waals surface area contributed by atoms with Gasteiger partial charge in [-0.15, -0.1) is 0 Å². The highest BCUT2D eigenvalue weighted by atomic mass is 16.3. The molecule has 66 valence electrons. The Hall–Kier alpha value is -1.57. The second-order valence-corrected chi connectivity index (χ2v) is 3.13. The summed E-state index contributed by atoms with van der Waals surface area (Å²) in [6, 6.07) is 3.23. The molecule has 2 heteroatoms. The van der Waals surface area contributed by atoms with E-state index in [4.69, 9.17) is 0 Å². The summed E-state index contributed by atoms with van der Waals surface area (Å²) in [5, 5.41) is 9.51. The molecule has 0 radical (unpaired) electrons. The first kappa shape index (κ1) is 8.05. The lowest BCUT2D eigenvalue weighted by Gasteiger charge is -2.13. The minimum Gasteiger partial charge on any atom is -0.507 e. The second-order valence-electron chi connectivity index (χ2n) is 3.13. The van der Waals surface area contributed by atoms with Crippen molar-refractivity contribution >= 4 is 12.4 Å². The third kappa shape index (κ3) is 1.24. The third-order valence-electron chi connectivity index (χ3n) is 2.34. The van der Waals surface area contributed by atoms with Gasteiger partial charge >= 0.3 is 0 Å². The lowest BCUT2D eigenvalue weighted by molar-refractivity contribution is 0.112. The minimum absolute atomic E-state index is 0.261. The second kappa shape index (κ2) is 3.05. The fraction of sp³-hybridized carbons (Fsp3) is 0.182. The van der Waals surface area contributed by atoms with Gasteiger partial charge in [-0.2, -0.15) is 0 Å². The molecule has 0 unspecified atom stereocenters. The predicted molar refractivity (Wildman–Crippen MR) is 50.8 cm³/mol. The third-order valence-corrected chi connectivity index (χ3v) is 2.34. The molecule has 2 nitrogen and oxygen atoms in total. The molecule has 0 atom stereocenters. The molecular weight excluding hydrogens is 164 g/mol. The van der Waals surface area contributed by atoms with Crippen molar-refractivity contribution in [2.75, 3.05) is 0 Å².